The Morgan fingerprint density at radius 1 is 1.41 bits per heavy atom. The van der Waals surface area contributed by atoms with Crippen LogP contribution in [0, 0.1) is 5.92 Å². The highest BCUT2D eigenvalue weighted by molar-refractivity contribution is 5.85. The molecule has 1 aromatic heterocycles. The van der Waals surface area contributed by atoms with Crippen molar-refractivity contribution in [2.45, 2.75) is 24.7 Å². The Morgan fingerprint density at radius 2 is 2.24 bits per heavy atom. The molecular weight excluding hydrogens is 242 g/mol. The number of aromatic nitrogens is 2. The van der Waals surface area contributed by atoms with Gasteiger partial charge in [-0.25, -0.2) is 0 Å². The van der Waals surface area contributed by atoms with Crippen LogP contribution in [0.1, 0.15) is 36.4 Å². The van der Waals surface area contributed by atoms with Gasteiger partial charge in [-0.15, -0.1) is 12.4 Å². The van der Waals surface area contributed by atoms with Crippen LogP contribution >= 0.6 is 12.4 Å². The van der Waals surface area contributed by atoms with Crippen LogP contribution in [0.5, 0.6) is 0 Å². The summed E-state index contributed by atoms with van der Waals surface area (Å²) in [7, 11) is 1.73. The van der Waals surface area contributed by atoms with E-state index >= 15 is 0 Å². The lowest BCUT2D eigenvalue weighted by Gasteiger charge is -2.12. The highest BCUT2D eigenvalue weighted by Gasteiger charge is 2.35. The number of nitrogens with zero attached hydrogens (tertiary/aromatic N) is 2. The largest absolute Gasteiger partial charge is 0.384 e. The molecule has 96 valence electrons. The van der Waals surface area contributed by atoms with Gasteiger partial charge in [-0.05, 0) is 12.8 Å². The van der Waals surface area contributed by atoms with E-state index in [0.29, 0.717) is 17.8 Å². The molecule has 1 aliphatic carbocycles. The smallest absolute Gasteiger partial charge is 0.231 e. The molecule has 0 amide bonds. The lowest BCUT2D eigenvalue weighted by Crippen LogP contribution is -2.16. The minimum Gasteiger partial charge on any atom is -0.384 e. The number of hydrogen-bond donors (Lipinski definition) is 1. The Bertz CT molecular complexity index is 367. The lowest BCUT2D eigenvalue weighted by atomic mass is 9.97. The van der Waals surface area contributed by atoms with Crippen LogP contribution in [0.2, 0.25) is 0 Å². The van der Waals surface area contributed by atoms with Gasteiger partial charge < -0.3 is 14.6 Å². The van der Waals surface area contributed by atoms with Crippen LogP contribution in [0.15, 0.2) is 4.52 Å². The summed E-state index contributed by atoms with van der Waals surface area (Å²) in [6.07, 6.45) is 2.42. The first-order valence-corrected chi connectivity index (χ1v) is 5.91. The Labute approximate surface area is 107 Å². The zero-order valence-electron chi connectivity index (χ0n) is 9.89. The van der Waals surface area contributed by atoms with Crippen LogP contribution < -0.4 is 5.32 Å². The van der Waals surface area contributed by atoms with E-state index in [1.54, 1.807) is 7.11 Å². The molecule has 6 heteroatoms. The topological polar surface area (TPSA) is 60.2 Å². The molecule has 3 rings (SSSR count). The number of methoxy groups -OCH3 is 1. The number of nitrogens with one attached hydrogen (secondary N) is 1. The molecule has 0 bridgehead atoms. The van der Waals surface area contributed by atoms with E-state index in [2.05, 4.69) is 15.5 Å². The molecule has 2 heterocycles. The van der Waals surface area contributed by atoms with E-state index in [1.165, 1.54) is 12.8 Å². The first-order chi connectivity index (χ1) is 7.88. The van der Waals surface area contributed by atoms with Crippen molar-refractivity contribution in [1.29, 1.82) is 0 Å². The first kappa shape index (κ1) is 12.8. The van der Waals surface area contributed by atoms with Gasteiger partial charge in [0.1, 0.15) is 0 Å². The van der Waals surface area contributed by atoms with Crippen LogP contribution in [-0.4, -0.2) is 36.9 Å². The van der Waals surface area contributed by atoms with Gasteiger partial charge in [0.15, 0.2) is 5.82 Å². The molecule has 1 aliphatic heterocycles. The van der Waals surface area contributed by atoms with Gasteiger partial charge in [-0.2, -0.15) is 4.98 Å². The standard InChI is InChI=1S/C11H17N3O2.ClH/c1-15-6-8-4-12-5-9(8)11-13-10(14-16-11)7-2-3-7;/h7-9,12H,2-6H2,1H3;1H/t8-,9+;/m0./s1. The van der Waals surface area contributed by atoms with Gasteiger partial charge in [0, 0.05) is 32.0 Å². The predicted octanol–water partition coefficient (Wildman–Crippen LogP) is 1.32. The molecule has 1 saturated carbocycles. The Balaban J connectivity index is 0.00000108. The summed E-state index contributed by atoms with van der Waals surface area (Å²) in [6, 6.07) is 0. The summed E-state index contributed by atoms with van der Waals surface area (Å²) >= 11 is 0. The monoisotopic (exact) mass is 259 g/mol. The molecule has 0 aromatic carbocycles. The summed E-state index contributed by atoms with van der Waals surface area (Å²) < 4.78 is 10.6. The quantitative estimate of drug-likeness (QED) is 0.884. The highest BCUT2D eigenvalue weighted by Crippen LogP contribution is 2.39. The van der Waals surface area contributed by atoms with Crippen LogP contribution in [0.3, 0.4) is 0 Å². The zero-order valence-corrected chi connectivity index (χ0v) is 10.7. The molecule has 0 unspecified atom stereocenters. The van der Waals surface area contributed by atoms with E-state index in [4.69, 9.17) is 9.26 Å². The number of halogens is 1. The van der Waals surface area contributed by atoms with Crippen molar-refractivity contribution in [3.63, 3.8) is 0 Å². The number of rotatable bonds is 4. The van der Waals surface area contributed by atoms with E-state index < -0.39 is 0 Å². The van der Waals surface area contributed by atoms with E-state index in [-0.39, 0.29) is 12.4 Å². The summed E-state index contributed by atoms with van der Waals surface area (Å²) in [5, 5.41) is 7.41. The second kappa shape index (κ2) is 5.33. The molecule has 5 nitrogen and oxygen atoms in total. The van der Waals surface area contributed by atoms with Crippen LogP contribution in [-0.2, 0) is 4.74 Å². The Morgan fingerprint density at radius 3 is 2.94 bits per heavy atom. The molecular formula is C11H18ClN3O2. The van der Waals surface area contributed by atoms with Gasteiger partial charge in [0.25, 0.3) is 0 Å². The van der Waals surface area contributed by atoms with Crippen molar-refractivity contribution < 1.29 is 9.26 Å². The lowest BCUT2D eigenvalue weighted by molar-refractivity contribution is 0.146. The molecule has 17 heavy (non-hydrogen) atoms. The minimum atomic E-state index is 0. The maximum atomic E-state index is 5.37. The summed E-state index contributed by atoms with van der Waals surface area (Å²) in [6.45, 7) is 2.64. The second-order valence-corrected chi connectivity index (χ2v) is 4.75. The fourth-order valence-corrected chi connectivity index (χ4v) is 2.32. The summed E-state index contributed by atoms with van der Waals surface area (Å²) in [5.41, 5.74) is 0. The van der Waals surface area contributed by atoms with Gasteiger partial charge in [-0.1, -0.05) is 5.16 Å². The maximum Gasteiger partial charge on any atom is 0.231 e. The third-order valence-electron chi connectivity index (χ3n) is 3.44. The fraction of sp³-hybridized carbons (Fsp3) is 0.818. The van der Waals surface area contributed by atoms with Gasteiger partial charge in [0.05, 0.1) is 12.5 Å². The predicted molar refractivity (Wildman–Crippen MR) is 64.5 cm³/mol. The molecule has 2 aliphatic rings. The van der Waals surface area contributed by atoms with Gasteiger partial charge in [0.2, 0.25) is 5.89 Å². The minimum absolute atomic E-state index is 0. The molecule has 2 atom stereocenters. The second-order valence-electron chi connectivity index (χ2n) is 4.75. The summed E-state index contributed by atoms with van der Waals surface area (Å²) in [5.74, 6) is 3.03. The third-order valence-corrected chi connectivity index (χ3v) is 3.44. The highest BCUT2D eigenvalue weighted by atomic mass is 35.5. The van der Waals surface area contributed by atoms with Gasteiger partial charge in [-0.3, -0.25) is 0 Å². The van der Waals surface area contributed by atoms with E-state index in [0.717, 1.165) is 31.4 Å². The molecule has 0 spiro atoms. The summed E-state index contributed by atoms with van der Waals surface area (Å²) in [4.78, 5) is 4.51. The van der Waals surface area contributed by atoms with Crippen molar-refractivity contribution in [3.8, 4) is 0 Å². The molecule has 1 aromatic rings. The van der Waals surface area contributed by atoms with Crippen molar-refractivity contribution in [1.82, 2.24) is 15.5 Å². The maximum absolute atomic E-state index is 5.37. The molecule has 2 fully saturated rings. The molecule has 0 radical (unpaired) electrons. The van der Waals surface area contributed by atoms with Crippen molar-refractivity contribution in [3.05, 3.63) is 11.7 Å². The fourth-order valence-electron chi connectivity index (χ4n) is 2.32. The third kappa shape index (κ3) is 2.61. The van der Waals surface area contributed by atoms with Crippen molar-refractivity contribution in [2.24, 2.45) is 5.92 Å². The SMILES string of the molecule is COC[C@@H]1CNC[C@H]1c1nc(C2CC2)no1.Cl. The first-order valence-electron chi connectivity index (χ1n) is 5.91. The number of hydrogen-bond acceptors (Lipinski definition) is 5. The van der Waals surface area contributed by atoms with Gasteiger partial charge >= 0.3 is 0 Å². The molecule has 1 N–H and O–H groups in total. The number of ether oxygens (including phenoxy) is 1. The van der Waals surface area contributed by atoms with E-state index in [9.17, 15) is 0 Å². The van der Waals surface area contributed by atoms with Crippen molar-refractivity contribution in [2.75, 3.05) is 26.8 Å². The Hall–Kier alpha value is -0.650. The Kier molecular flexibility index (Phi) is 4.01. The van der Waals surface area contributed by atoms with Crippen LogP contribution in [0.4, 0.5) is 0 Å². The average Bonchev–Trinajstić information content (AvgIpc) is 2.85. The van der Waals surface area contributed by atoms with E-state index in [1.807, 2.05) is 0 Å². The average molecular weight is 260 g/mol. The molecule has 1 saturated heterocycles. The van der Waals surface area contributed by atoms with Crippen LogP contribution in [0.25, 0.3) is 0 Å². The van der Waals surface area contributed by atoms with Crippen molar-refractivity contribution >= 4 is 12.4 Å². The zero-order chi connectivity index (χ0) is 11.0. The normalized spacial score (nSPS) is 28.1.